The van der Waals surface area contributed by atoms with E-state index in [1.807, 2.05) is 31.2 Å². The summed E-state index contributed by atoms with van der Waals surface area (Å²) in [7, 11) is 0. The molecule has 2 aromatic rings. The highest BCUT2D eigenvalue weighted by molar-refractivity contribution is 6.37. The molecule has 0 unspecified atom stereocenters. The van der Waals surface area contributed by atoms with Gasteiger partial charge in [0.2, 0.25) is 5.78 Å². The molecule has 0 heterocycles. The van der Waals surface area contributed by atoms with Crippen LogP contribution >= 0.6 is 0 Å². The lowest BCUT2D eigenvalue weighted by atomic mass is 10.1. The van der Waals surface area contributed by atoms with E-state index in [-0.39, 0.29) is 5.56 Å². The number of carbonyl (C=O) groups is 3. The van der Waals surface area contributed by atoms with Gasteiger partial charge in [0.25, 0.3) is 0 Å². The van der Waals surface area contributed by atoms with Crippen LogP contribution in [0.5, 0.6) is 5.75 Å². The Hall–Kier alpha value is -2.95. The third-order valence-electron chi connectivity index (χ3n) is 3.37. The Kier molecular flexibility index (Phi) is 5.25. The minimum atomic E-state index is -1.61. The molecular weight excluding hydrogens is 296 g/mol. The van der Waals surface area contributed by atoms with E-state index < -0.39 is 24.0 Å². The first-order chi connectivity index (χ1) is 11.0. The summed E-state index contributed by atoms with van der Waals surface area (Å²) in [6.07, 6.45) is -0.656. The van der Waals surface area contributed by atoms with Gasteiger partial charge in [-0.1, -0.05) is 36.4 Å². The minimum Gasteiger partial charge on any atom is -0.489 e. The van der Waals surface area contributed by atoms with Gasteiger partial charge < -0.3 is 9.84 Å². The first-order valence-electron chi connectivity index (χ1n) is 7.04. The first-order valence-corrected chi connectivity index (χ1v) is 7.04. The maximum absolute atomic E-state index is 11.9. The summed E-state index contributed by atoms with van der Waals surface area (Å²) in [5.74, 6) is -2.79. The topological polar surface area (TPSA) is 80.7 Å². The Morgan fingerprint density at radius 2 is 1.78 bits per heavy atom. The Morgan fingerprint density at radius 1 is 1.04 bits per heavy atom. The van der Waals surface area contributed by atoms with Gasteiger partial charge in [-0.25, -0.2) is 4.79 Å². The zero-order valence-electron chi connectivity index (χ0n) is 12.6. The lowest BCUT2D eigenvalue weighted by molar-refractivity contribution is -0.148. The molecule has 23 heavy (non-hydrogen) atoms. The molecule has 0 amide bonds. The van der Waals surface area contributed by atoms with Crippen molar-refractivity contribution in [3.05, 3.63) is 65.2 Å². The van der Waals surface area contributed by atoms with Crippen molar-refractivity contribution in [2.24, 2.45) is 0 Å². The number of Topliss-reactive ketones (excluding diaryl/α,β-unsaturated/α-hetero) is 2. The summed E-state index contributed by atoms with van der Waals surface area (Å²) in [6.45, 7) is 2.34. The minimum absolute atomic E-state index is 0.252. The molecule has 0 aliphatic rings. The molecule has 2 rings (SSSR count). The second kappa shape index (κ2) is 7.35. The average molecular weight is 312 g/mol. The smallest absolute Gasteiger partial charge is 0.372 e. The van der Waals surface area contributed by atoms with Crippen molar-refractivity contribution in [3.63, 3.8) is 0 Å². The van der Waals surface area contributed by atoms with Crippen LogP contribution < -0.4 is 4.74 Å². The molecule has 0 atom stereocenters. The van der Waals surface area contributed by atoms with Crippen LogP contribution in [0.25, 0.3) is 0 Å². The van der Waals surface area contributed by atoms with E-state index in [1.54, 1.807) is 12.1 Å². The molecule has 0 spiro atoms. The molecule has 5 nitrogen and oxygen atoms in total. The predicted molar refractivity (Wildman–Crippen MR) is 83.5 cm³/mol. The van der Waals surface area contributed by atoms with Crippen LogP contribution in [0.3, 0.4) is 0 Å². The Balaban J connectivity index is 2.05. The SMILES string of the molecule is Cc1ccccc1COc1cccc(C(=O)CC(=O)C(=O)O)c1. The highest BCUT2D eigenvalue weighted by Gasteiger charge is 2.18. The second-order valence-corrected chi connectivity index (χ2v) is 5.07. The summed E-state index contributed by atoms with van der Waals surface area (Å²) in [5.41, 5.74) is 2.39. The maximum atomic E-state index is 11.9. The summed E-state index contributed by atoms with van der Waals surface area (Å²) < 4.78 is 5.66. The number of benzene rings is 2. The first kappa shape index (κ1) is 16.4. The largest absolute Gasteiger partial charge is 0.489 e. The Morgan fingerprint density at radius 3 is 2.48 bits per heavy atom. The number of carbonyl (C=O) groups excluding carboxylic acids is 2. The molecular formula is C18H16O5. The molecule has 0 saturated heterocycles. The number of aliphatic carboxylic acids is 1. The Labute approximate surface area is 133 Å². The van der Waals surface area contributed by atoms with E-state index in [4.69, 9.17) is 9.84 Å². The van der Waals surface area contributed by atoms with E-state index in [0.717, 1.165) is 11.1 Å². The van der Waals surface area contributed by atoms with Gasteiger partial charge in [-0.2, -0.15) is 0 Å². The Bertz CT molecular complexity index is 749. The number of hydrogen-bond acceptors (Lipinski definition) is 4. The monoisotopic (exact) mass is 312 g/mol. The van der Waals surface area contributed by atoms with Crippen LogP contribution in [0.2, 0.25) is 0 Å². The fourth-order valence-corrected chi connectivity index (χ4v) is 2.02. The van der Waals surface area contributed by atoms with E-state index in [0.29, 0.717) is 12.4 Å². The molecule has 118 valence electrons. The zero-order chi connectivity index (χ0) is 16.8. The zero-order valence-corrected chi connectivity index (χ0v) is 12.6. The highest BCUT2D eigenvalue weighted by atomic mass is 16.5. The van der Waals surface area contributed by atoms with Gasteiger partial charge in [-0.15, -0.1) is 0 Å². The van der Waals surface area contributed by atoms with Crippen molar-refractivity contribution in [1.82, 2.24) is 0 Å². The number of rotatable bonds is 7. The van der Waals surface area contributed by atoms with E-state index in [1.165, 1.54) is 12.1 Å². The van der Waals surface area contributed by atoms with E-state index in [2.05, 4.69) is 0 Å². The van der Waals surface area contributed by atoms with Gasteiger partial charge >= 0.3 is 5.97 Å². The van der Waals surface area contributed by atoms with Gasteiger partial charge in [-0.05, 0) is 30.2 Å². The van der Waals surface area contributed by atoms with Gasteiger partial charge in [0, 0.05) is 5.56 Å². The van der Waals surface area contributed by atoms with Crippen molar-refractivity contribution in [3.8, 4) is 5.75 Å². The van der Waals surface area contributed by atoms with Crippen LogP contribution in [0, 0.1) is 6.92 Å². The molecule has 2 aromatic carbocycles. The summed E-state index contributed by atoms with van der Waals surface area (Å²) >= 11 is 0. The molecule has 0 radical (unpaired) electrons. The molecule has 5 heteroatoms. The van der Waals surface area contributed by atoms with Gasteiger partial charge in [0.05, 0.1) is 6.42 Å². The van der Waals surface area contributed by atoms with Crippen LogP contribution in [-0.2, 0) is 16.2 Å². The van der Waals surface area contributed by atoms with Crippen molar-refractivity contribution < 1.29 is 24.2 Å². The average Bonchev–Trinajstić information content (AvgIpc) is 2.54. The predicted octanol–water partition coefficient (Wildman–Crippen LogP) is 2.80. The number of carboxylic acids is 1. The number of carboxylic acid groups (broad SMARTS) is 1. The van der Waals surface area contributed by atoms with E-state index >= 15 is 0 Å². The van der Waals surface area contributed by atoms with Crippen LogP contribution in [-0.4, -0.2) is 22.6 Å². The number of hydrogen-bond donors (Lipinski definition) is 1. The van der Waals surface area contributed by atoms with Gasteiger partial charge in [0.1, 0.15) is 12.4 Å². The lowest BCUT2D eigenvalue weighted by Crippen LogP contribution is -2.17. The van der Waals surface area contributed by atoms with Crippen molar-refractivity contribution in [2.45, 2.75) is 20.0 Å². The number of ether oxygens (including phenoxy) is 1. The lowest BCUT2D eigenvalue weighted by Gasteiger charge is -2.09. The fraction of sp³-hybridized carbons (Fsp3) is 0.167. The van der Waals surface area contributed by atoms with Crippen LogP contribution in [0.1, 0.15) is 27.9 Å². The maximum Gasteiger partial charge on any atom is 0.372 e. The normalized spacial score (nSPS) is 10.1. The third-order valence-corrected chi connectivity index (χ3v) is 3.37. The molecule has 0 aliphatic carbocycles. The summed E-state index contributed by atoms with van der Waals surface area (Å²) in [5, 5.41) is 8.54. The molecule has 1 N–H and O–H groups in total. The fourth-order valence-electron chi connectivity index (χ4n) is 2.02. The van der Waals surface area contributed by atoms with Gasteiger partial charge in [-0.3, -0.25) is 9.59 Å². The van der Waals surface area contributed by atoms with E-state index in [9.17, 15) is 14.4 Å². The van der Waals surface area contributed by atoms with Crippen molar-refractivity contribution in [1.29, 1.82) is 0 Å². The standard InChI is InChI=1S/C18H16O5/c1-12-5-2-3-6-14(12)11-23-15-8-4-7-13(9-15)16(19)10-17(20)18(21)22/h2-9H,10-11H2,1H3,(H,21,22). The molecule has 0 saturated carbocycles. The second-order valence-electron chi connectivity index (χ2n) is 5.07. The molecule has 0 aliphatic heterocycles. The molecule has 0 fully saturated rings. The van der Waals surface area contributed by atoms with Crippen molar-refractivity contribution >= 4 is 17.5 Å². The van der Waals surface area contributed by atoms with Crippen molar-refractivity contribution in [2.75, 3.05) is 0 Å². The van der Waals surface area contributed by atoms with Crippen LogP contribution in [0.15, 0.2) is 48.5 Å². The summed E-state index contributed by atoms with van der Waals surface area (Å²) in [6, 6.07) is 14.2. The number of ketones is 2. The number of aryl methyl sites for hydroxylation is 1. The summed E-state index contributed by atoms with van der Waals surface area (Å²) in [4.78, 5) is 33.5. The molecule has 0 bridgehead atoms. The van der Waals surface area contributed by atoms with Gasteiger partial charge in [0.15, 0.2) is 5.78 Å². The third kappa shape index (κ3) is 4.51. The molecule has 0 aromatic heterocycles. The quantitative estimate of drug-likeness (QED) is 0.483. The highest BCUT2D eigenvalue weighted by Crippen LogP contribution is 2.17. The van der Waals surface area contributed by atoms with Crippen LogP contribution in [0.4, 0.5) is 0 Å².